The van der Waals surface area contributed by atoms with Crippen molar-refractivity contribution >= 4 is 17.0 Å². The monoisotopic (exact) mass is 192 g/mol. The minimum absolute atomic E-state index is 0.546. The van der Waals surface area contributed by atoms with Gasteiger partial charge in [0, 0.05) is 31.0 Å². The Balaban J connectivity index is 2.52. The minimum atomic E-state index is -0.773. The van der Waals surface area contributed by atoms with Crippen molar-refractivity contribution in [3.8, 4) is 0 Å². The minimum Gasteiger partial charge on any atom is -0.421 e. The Hall–Kier alpha value is -0.280. The summed E-state index contributed by atoms with van der Waals surface area (Å²) in [6.07, 6.45) is 3.59. The number of ether oxygens (including phenoxy) is 2. The topological polar surface area (TPSA) is 35.5 Å². The summed E-state index contributed by atoms with van der Waals surface area (Å²) in [5.74, 6) is -0.715. The van der Waals surface area contributed by atoms with Gasteiger partial charge in [-0.05, 0) is 19.8 Å². The van der Waals surface area contributed by atoms with E-state index < -0.39 is 11.2 Å². The van der Waals surface area contributed by atoms with Gasteiger partial charge in [-0.1, -0.05) is 0 Å². The summed E-state index contributed by atoms with van der Waals surface area (Å²) in [6.45, 7) is 2.42. The average Bonchev–Trinajstić information content (AvgIpc) is 2.36. The van der Waals surface area contributed by atoms with E-state index in [4.69, 9.17) is 21.1 Å². The molecule has 0 N–H and O–H groups in total. The molecule has 3 nitrogen and oxygen atoms in total. The molecule has 0 heterocycles. The first-order chi connectivity index (χ1) is 5.68. The SMILES string of the molecule is CCOC1(OC(=O)Cl)CCCC1. The van der Waals surface area contributed by atoms with E-state index in [1.54, 1.807) is 0 Å². The van der Waals surface area contributed by atoms with Gasteiger partial charge in [0.25, 0.3) is 0 Å². The molecule has 0 saturated heterocycles. The van der Waals surface area contributed by atoms with Gasteiger partial charge in [0.15, 0.2) is 0 Å². The van der Waals surface area contributed by atoms with Gasteiger partial charge in [0.2, 0.25) is 5.79 Å². The highest BCUT2D eigenvalue weighted by Gasteiger charge is 2.38. The third kappa shape index (κ3) is 2.35. The Morgan fingerprint density at radius 3 is 2.50 bits per heavy atom. The molecule has 0 aromatic rings. The maximum atomic E-state index is 10.5. The zero-order valence-electron chi connectivity index (χ0n) is 7.14. The Bertz CT molecular complexity index is 164. The molecule has 0 bridgehead atoms. The molecular formula is C8H13ClO3. The molecule has 1 saturated carbocycles. The maximum Gasteiger partial charge on any atom is 0.406 e. The summed E-state index contributed by atoms with van der Waals surface area (Å²) in [4.78, 5) is 10.5. The average molecular weight is 193 g/mol. The van der Waals surface area contributed by atoms with E-state index >= 15 is 0 Å². The molecule has 0 atom stereocenters. The molecule has 0 aromatic heterocycles. The number of carbonyl (C=O) groups is 1. The van der Waals surface area contributed by atoms with Crippen LogP contribution in [0.2, 0.25) is 0 Å². The number of halogens is 1. The molecule has 0 amide bonds. The van der Waals surface area contributed by atoms with Crippen molar-refractivity contribution in [3.05, 3.63) is 0 Å². The molecule has 1 aliphatic rings. The highest BCUT2D eigenvalue weighted by atomic mass is 35.5. The van der Waals surface area contributed by atoms with Gasteiger partial charge in [-0.25, -0.2) is 4.79 Å². The lowest BCUT2D eigenvalue weighted by molar-refractivity contribution is -0.188. The summed E-state index contributed by atoms with van der Waals surface area (Å²) in [5, 5.41) is 0. The highest BCUT2D eigenvalue weighted by Crippen LogP contribution is 2.34. The highest BCUT2D eigenvalue weighted by molar-refractivity contribution is 6.61. The standard InChI is InChI=1S/C8H13ClO3/c1-2-11-8(12-7(9)10)5-3-4-6-8/h2-6H2,1H3. The summed E-state index contributed by atoms with van der Waals surface area (Å²) in [5.41, 5.74) is -0.773. The van der Waals surface area contributed by atoms with Crippen LogP contribution in [0.4, 0.5) is 4.79 Å². The quantitative estimate of drug-likeness (QED) is 0.510. The van der Waals surface area contributed by atoms with Gasteiger partial charge in [-0.3, -0.25) is 0 Å². The van der Waals surface area contributed by atoms with Gasteiger partial charge < -0.3 is 9.47 Å². The number of hydrogen-bond acceptors (Lipinski definition) is 3. The van der Waals surface area contributed by atoms with Crippen LogP contribution in [0, 0.1) is 0 Å². The van der Waals surface area contributed by atoms with Crippen LogP contribution in [0.25, 0.3) is 0 Å². The molecule has 0 radical (unpaired) electrons. The van der Waals surface area contributed by atoms with Crippen LogP contribution < -0.4 is 0 Å². The fourth-order valence-electron chi connectivity index (χ4n) is 1.60. The number of carbonyl (C=O) groups excluding carboxylic acids is 1. The molecule has 4 heteroatoms. The van der Waals surface area contributed by atoms with Crippen LogP contribution in [0.5, 0.6) is 0 Å². The first kappa shape index (κ1) is 9.81. The van der Waals surface area contributed by atoms with Crippen LogP contribution in [-0.2, 0) is 9.47 Å². The second-order valence-corrected chi connectivity index (χ2v) is 3.20. The van der Waals surface area contributed by atoms with E-state index in [-0.39, 0.29) is 0 Å². The van der Waals surface area contributed by atoms with E-state index in [1.165, 1.54) is 0 Å². The molecule has 0 spiro atoms. The molecule has 1 rings (SSSR count). The Labute approximate surface area is 77.0 Å². The summed E-state index contributed by atoms with van der Waals surface area (Å²) < 4.78 is 10.3. The third-order valence-electron chi connectivity index (χ3n) is 2.04. The van der Waals surface area contributed by atoms with E-state index in [9.17, 15) is 4.79 Å². The lowest BCUT2D eigenvalue weighted by Crippen LogP contribution is -2.33. The Kier molecular flexibility index (Phi) is 3.35. The second-order valence-electron chi connectivity index (χ2n) is 2.89. The van der Waals surface area contributed by atoms with Gasteiger partial charge >= 0.3 is 5.43 Å². The van der Waals surface area contributed by atoms with Crippen molar-refractivity contribution < 1.29 is 14.3 Å². The van der Waals surface area contributed by atoms with Crippen LogP contribution in [0.1, 0.15) is 32.6 Å². The molecular weight excluding hydrogens is 180 g/mol. The first-order valence-corrected chi connectivity index (χ1v) is 4.59. The van der Waals surface area contributed by atoms with Gasteiger partial charge in [-0.15, -0.1) is 0 Å². The molecule has 0 aromatic carbocycles. The van der Waals surface area contributed by atoms with Gasteiger partial charge in [-0.2, -0.15) is 0 Å². The first-order valence-electron chi connectivity index (χ1n) is 4.21. The Morgan fingerprint density at radius 1 is 1.50 bits per heavy atom. The van der Waals surface area contributed by atoms with Crippen molar-refractivity contribution in [2.75, 3.05) is 6.61 Å². The van der Waals surface area contributed by atoms with Crippen molar-refractivity contribution in [1.29, 1.82) is 0 Å². The van der Waals surface area contributed by atoms with Crippen LogP contribution in [0.15, 0.2) is 0 Å². The predicted octanol–water partition coefficient (Wildman–Crippen LogP) is 2.67. The molecule has 0 unspecified atom stereocenters. The second kappa shape index (κ2) is 4.10. The zero-order valence-corrected chi connectivity index (χ0v) is 7.89. The fraction of sp³-hybridized carbons (Fsp3) is 0.875. The lowest BCUT2D eigenvalue weighted by Gasteiger charge is -2.26. The van der Waals surface area contributed by atoms with Gasteiger partial charge in [0.05, 0.1) is 0 Å². The predicted molar refractivity (Wildman–Crippen MR) is 45.2 cm³/mol. The number of rotatable bonds is 3. The van der Waals surface area contributed by atoms with Crippen LogP contribution in [0.3, 0.4) is 0 Å². The van der Waals surface area contributed by atoms with Crippen LogP contribution in [-0.4, -0.2) is 17.8 Å². The summed E-state index contributed by atoms with van der Waals surface area (Å²) in [7, 11) is 0. The maximum absolute atomic E-state index is 10.5. The van der Waals surface area contributed by atoms with E-state index in [0.29, 0.717) is 6.61 Å². The van der Waals surface area contributed by atoms with Crippen molar-refractivity contribution in [2.45, 2.75) is 38.4 Å². The van der Waals surface area contributed by atoms with Crippen molar-refractivity contribution in [1.82, 2.24) is 0 Å². The zero-order chi connectivity index (χ0) is 9.03. The number of hydrogen-bond donors (Lipinski definition) is 0. The molecule has 12 heavy (non-hydrogen) atoms. The van der Waals surface area contributed by atoms with Gasteiger partial charge in [0.1, 0.15) is 0 Å². The molecule has 1 aliphatic carbocycles. The third-order valence-corrected chi connectivity index (χ3v) is 2.12. The van der Waals surface area contributed by atoms with Crippen LogP contribution >= 0.6 is 11.6 Å². The summed E-state index contributed by atoms with van der Waals surface area (Å²) >= 11 is 5.14. The Morgan fingerprint density at radius 2 is 2.08 bits per heavy atom. The van der Waals surface area contributed by atoms with Crippen molar-refractivity contribution in [3.63, 3.8) is 0 Å². The largest absolute Gasteiger partial charge is 0.421 e. The normalized spacial score (nSPS) is 20.8. The molecule has 0 aliphatic heterocycles. The van der Waals surface area contributed by atoms with E-state index in [2.05, 4.69) is 0 Å². The fourth-order valence-corrected chi connectivity index (χ4v) is 1.74. The summed E-state index contributed by atoms with van der Waals surface area (Å²) in [6, 6.07) is 0. The van der Waals surface area contributed by atoms with E-state index in [0.717, 1.165) is 25.7 Å². The lowest BCUT2D eigenvalue weighted by atomic mass is 10.2. The van der Waals surface area contributed by atoms with Crippen molar-refractivity contribution in [2.24, 2.45) is 0 Å². The smallest absolute Gasteiger partial charge is 0.406 e. The molecule has 1 fully saturated rings. The van der Waals surface area contributed by atoms with E-state index in [1.807, 2.05) is 6.92 Å². The molecule has 70 valence electrons.